The van der Waals surface area contributed by atoms with E-state index in [0.29, 0.717) is 11.9 Å². The molecule has 0 saturated carbocycles. The number of aromatic nitrogens is 1. The molecule has 134 valence electrons. The molecule has 1 aliphatic rings. The summed E-state index contributed by atoms with van der Waals surface area (Å²) in [6.45, 7) is 0.891. The number of nitrogens with one attached hydrogen (secondary N) is 1. The Morgan fingerprint density at radius 1 is 1.40 bits per heavy atom. The Hall–Kier alpha value is -2.10. The first-order chi connectivity index (χ1) is 11.8. The van der Waals surface area contributed by atoms with Gasteiger partial charge in [-0.1, -0.05) is 18.2 Å². The molecule has 7 nitrogen and oxygen atoms in total. The smallest absolute Gasteiger partial charge is 0.269 e. The molecule has 0 radical (unpaired) electrons. The first-order valence-electron chi connectivity index (χ1n) is 7.75. The van der Waals surface area contributed by atoms with Gasteiger partial charge in [-0.3, -0.25) is 4.79 Å². The number of para-hydroxylation sites is 1. The molecule has 1 atom stereocenters. The molecule has 0 spiro atoms. The van der Waals surface area contributed by atoms with E-state index >= 15 is 0 Å². The average molecular weight is 367 g/mol. The zero-order chi connectivity index (χ0) is 18.0. The van der Waals surface area contributed by atoms with Gasteiger partial charge >= 0.3 is 0 Å². The highest BCUT2D eigenvalue weighted by molar-refractivity contribution is 7.88. The van der Waals surface area contributed by atoms with Crippen LogP contribution in [0.2, 0.25) is 0 Å². The van der Waals surface area contributed by atoms with Crippen LogP contribution in [0.3, 0.4) is 0 Å². The van der Waals surface area contributed by atoms with Crippen LogP contribution in [0.4, 0.5) is 4.39 Å². The van der Waals surface area contributed by atoms with Gasteiger partial charge < -0.3 is 10.1 Å². The van der Waals surface area contributed by atoms with Gasteiger partial charge in [-0.05, 0) is 12.1 Å². The lowest BCUT2D eigenvalue weighted by molar-refractivity contribution is 0.000414. The molecule has 9 heteroatoms. The molecule has 2 heterocycles. The van der Waals surface area contributed by atoms with Crippen LogP contribution in [0, 0.1) is 5.82 Å². The predicted molar refractivity (Wildman–Crippen MR) is 90.2 cm³/mol. The fraction of sp³-hybridized carbons (Fsp3) is 0.375. The lowest BCUT2D eigenvalue weighted by Crippen LogP contribution is -2.49. The number of morpholine rings is 1. The van der Waals surface area contributed by atoms with E-state index in [9.17, 15) is 17.6 Å². The molecule has 0 bridgehead atoms. The van der Waals surface area contributed by atoms with Crippen molar-refractivity contribution < 1.29 is 22.3 Å². The Balaban J connectivity index is 1.66. The van der Waals surface area contributed by atoms with Crippen molar-refractivity contribution in [2.24, 2.45) is 0 Å². The van der Waals surface area contributed by atoms with E-state index in [2.05, 4.69) is 10.3 Å². The van der Waals surface area contributed by atoms with Gasteiger partial charge in [-0.2, -0.15) is 4.31 Å². The SMILES string of the molecule is CS(=O)(=O)N1CCO[C@H](CNC(=O)c2ccc3cccc(F)c3n2)C1. The molecule has 1 aromatic heterocycles. The largest absolute Gasteiger partial charge is 0.374 e. The number of amides is 1. The van der Waals surface area contributed by atoms with Crippen molar-refractivity contribution in [3.05, 3.63) is 41.8 Å². The highest BCUT2D eigenvalue weighted by atomic mass is 32.2. The van der Waals surface area contributed by atoms with E-state index in [1.807, 2.05) is 0 Å². The lowest BCUT2D eigenvalue weighted by atomic mass is 10.2. The summed E-state index contributed by atoms with van der Waals surface area (Å²) in [5.41, 5.74) is 0.223. The number of hydrogen-bond acceptors (Lipinski definition) is 5. The summed E-state index contributed by atoms with van der Waals surface area (Å²) in [5.74, 6) is -0.961. The topological polar surface area (TPSA) is 88.6 Å². The van der Waals surface area contributed by atoms with Crippen molar-refractivity contribution in [3.8, 4) is 0 Å². The number of pyridine rings is 1. The molecule has 1 N–H and O–H groups in total. The molecule has 0 unspecified atom stereocenters. The van der Waals surface area contributed by atoms with Crippen LogP contribution >= 0.6 is 0 Å². The van der Waals surface area contributed by atoms with Gasteiger partial charge in [0.1, 0.15) is 17.0 Å². The molecule has 1 aromatic carbocycles. The van der Waals surface area contributed by atoms with Crippen molar-refractivity contribution in [3.63, 3.8) is 0 Å². The molecular weight excluding hydrogens is 349 g/mol. The van der Waals surface area contributed by atoms with Gasteiger partial charge in [0.25, 0.3) is 5.91 Å². The second-order valence-electron chi connectivity index (χ2n) is 5.83. The van der Waals surface area contributed by atoms with E-state index in [4.69, 9.17) is 4.74 Å². The molecule has 2 aromatic rings. The number of carbonyl (C=O) groups is 1. The zero-order valence-electron chi connectivity index (χ0n) is 13.6. The molecule has 1 amide bonds. The standard InChI is InChI=1S/C16H18FN3O4S/c1-25(22,23)20-7-8-24-12(10-20)9-18-16(21)14-6-5-11-3-2-4-13(17)15(11)19-14/h2-6,12H,7-10H2,1H3,(H,18,21)/t12-/m1/s1. The van der Waals surface area contributed by atoms with Crippen LogP contribution in [-0.2, 0) is 14.8 Å². The molecular formula is C16H18FN3O4S. The van der Waals surface area contributed by atoms with E-state index in [1.54, 1.807) is 18.2 Å². The van der Waals surface area contributed by atoms with Crippen molar-refractivity contribution >= 4 is 26.8 Å². The highest BCUT2D eigenvalue weighted by Gasteiger charge is 2.26. The average Bonchev–Trinajstić information content (AvgIpc) is 2.59. The summed E-state index contributed by atoms with van der Waals surface area (Å²) in [4.78, 5) is 16.3. The number of ether oxygens (including phenoxy) is 1. The first kappa shape index (κ1) is 17.7. The summed E-state index contributed by atoms with van der Waals surface area (Å²) in [6, 6.07) is 7.72. The van der Waals surface area contributed by atoms with Crippen LogP contribution in [0.5, 0.6) is 0 Å². The zero-order valence-corrected chi connectivity index (χ0v) is 14.4. The number of sulfonamides is 1. The fourth-order valence-corrected chi connectivity index (χ4v) is 3.49. The Labute approximate surface area is 144 Å². The maximum Gasteiger partial charge on any atom is 0.269 e. The Kier molecular flexibility index (Phi) is 4.98. The van der Waals surface area contributed by atoms with Gasteiger partial charge in [-0.25, -0.2) is 17.8 Å². The lowest BCUT2D eigenvalue weighted by Gasteiger charge is -2.31. The molecule has 1 aliphatic heterocycles. The monoisotopic (exact) mass is 367 g/mol. The maximum atomic E-state index is 13.8. The summed E-state index contributed by atoms with van der Waals surface area (Å²) >= 11 is 0. The molecule has 1 fully saturated rings. The van der Waals surface area contributed by atoms with E-state index in [0.717, 1.165) is 6.26 Å². The van der Waals surface area contributed by atoms with Crippen molar-refractivity contribution in [1.29, 1.82) is 0 Å². The number of hydrogen-bond donors (Lipinski definition) is 1. The first-order valence-corrected chi connectivity index (χ1v) is 9.59. The molecule has 25 heavy (non-hydrogen) atoms. The van der Waals surface area contributed by atoms with Crippen molar-refractivity contribution in [1.82, 2.24) is 14.6 Å². The number of benzene rings is 1. The van der Waals surface area contributed by atoms with Gasteiger partial charge in [0.15, 0.2) is 0 Å². The van der Waals surface area contributed by atoms with Crippen LogP contribution < -0.4 is 5.32 Å². The third-order valence-electron chi connectivity index (χ3n) is 3.96. The summed E-state index contributed by atoms with van der Waals surface area (Å²) < 4.78 is 43.7. The van der Waals surface area contributed by atoms with Crippen LogP contribution in [0.1, 0.15) is 10.5 Å². The summed E-state index contributed by atoms with van der Waals surface area (Å²) in [7, 11) is -3.29. The van der Waals surface area contributed by atoms with Crippen LogP contribution in [-0.4, -0.2) is 62.2 Å². The van der Waals surface area contributed by atoms with Gasteiger partial charge in [0.05, 0.1) is 19.0 Å². The number of halogens is 1. The van der Waals surface area contributed by atoms with Gasteiger partial charge in [0, 0.05) is 25.0 Å². The minimum absolute atomic E-state index is 0.0911. The number of nitrogens with zero attached hydrogens (tertiary/aromatic N) is 2. The second kappa shape index (κ2) is 7.03. The van der Waals surface area contributed by atoms with Gasteiger partial charge in [0.2, 0.25) is 10.0 Å². The normalized spacial score (nSPS) is 19.0. The quantitative estimate of drug-likeness (QED) is 0.862. The van der Waals surface area contributed by atoms with E-state index in [1.165, 1.54) is 16.4 Å². The number of carbonyl (C=O) groups excluding carboxylic acids is 1. The number of fused-ring (bicyclic) bond motifs is 1. The van der Waals surface area contributed by atoms with Crippen LogP contribution in [0.25, 0.3) is 10.9 Å². The third kappa shape index (κ3) is 4.12. The van der Waals surface area contributed by atoms with E-state index in [-0.39, 0.29) is 30.9 Å². The Bertz CT molecular complexity index is 903. The molecule has 3 rings (SSSR count). The third-order valence-corrected chi connectivity index (χ3v) is 5.23. The maximum absolute atomic E-state index is 13.8. The Morgan fingerprint density at radius 3 is 2.96 bits per heavy atom. The molecule has 1 saturated heterocycles. The van der Waals surface area contributed by atoms with Crippen molar-refractivity contribution in [2.45, 2.75) is 6.10 Å². The Morgan fingerprint density at radius 2 is 2.20 bits per heavy atom. The molecule has 0 aliphatic carbocycles. The minimum atomic E-state index is -3.29. The number of rotatable bonds is 4. The van der Waals surface area contributed by atoms with Gasteiger partial charge in [-0.15, -0.1) is 0 Å². The summed E-state index contributed by atoms with van der Waals surface area (Å²) in [5, 5.41) is 3.26. The van der Waals surface area contributed by atoms with E-state index < -0.39 is 27.9 Å². The summed E-state index contributed by atoms with van der Waals surface area (Å²) in [6.07, 6.45) is 0.700. The minimum Gasteiger partial charge on any atom is -0.374 e. The van der Waals surface area contributed by atoms with Crippen molar-refractivity contribution in [2.75, 3.05) is 32.5 Å². The predicted octanol–water partition coefficient (Wildman–Crippen LogP) is 0.764. The fourth-order valence-electron chi connectivity index (χ4n) is 2.65. The van der Waals surface area contributed by atoms with Crippen LogP contribution in [0.15, 0.2) is 30.3 Å². The second-order valence-corrected chi connectivity index (χ2v) is 7.81. The highest BCUT2D eigenvalue weighted by Crippen LogP contribution is 2.16.